The quantitative estimate of drug-likeness (QED) is 0.0499. The third kappa shape index (κ3) is 8.21. The summed E-state index contributed by atoms with van der Waals surface area (Å²) >= 11 is 8.61. The van der Waals surface area contributed by atoms with Crippen molar-refractivity contribution in [1.29, 1.82) is 0 Å². The van der Waals surface area contributed by atoms with E-state index >= 15 is 0 Å². The molecule has 0 N–H and O–H groups in total. The van der Waals surface area contributed by atoms with Crippen molar-refractivity contribution in [3.63, 3.8) is 0 Å². The van der Waals surface area contributed by atoms with E-state index in [2.05, 4.69) is 67.1 Å². The highest BCUT2D eigenvalue weighted by molar-refractivity contribution is 7.15. The molecule has 10 nitrogen and oxygen atoms in total. The number of fused-ring (bicyclic) bond motifs is 5. The maximum Gasteiger partial charge on any atom is 0.306 e. The average Bonchev–Trinajstić information content (AvgIpc) is 3.76. The van der Waals surface area contributed by atoms with Gasteiger partial charge in [-0.05, 0) is 74.1 Å². The minimum absolute atomic E-state index is 0.170. The lowest BCUT2D eigenvalue weighted by Gasteiger charge is -2.27. The average molecular weight is 784 g/mol. The van der Waals surface area contributed by atoms with Crippen LogP contribution in [-0.4, -0.2) is 55.2 Å². The monoisotopic (exact) mass is 783 g/mol. The minimum atomic E-state index is -0.214. The Morgan fingerprint density at radius 2 is 1.79 bits per heavy atom. The summed E-state index contributed by atoms with van der Waals surface area (Å²) in [6.45, 7) is 7.23. The number of oxime groups is 1. The van der Waals surface area contributed by atoms with E-state index in [4.69, 9.17) is 26.2 Å². The zero-order valence-corrected chi connectivity index (χ0v) is 33.0. The molecule has 3 aromatic heterocycles. The summed E-state index contributed by atoms with van der Waals surface area (Å²) in [6, 6.07) is 29.9. The summed E-state index contributed by atoms with van der Waals surface area (Å²) in [4.78, 5) is 31.5. The summed E-state index contributed by atoms with van der Waals surface area (Å²) in [5, 5.41) is 15.4. The van der Waals surface area contributed by atoms with Crippen LogP contribution >= 0.6 is 22.9 Å². The molecule has 8 rings (SSSR count). The number of hydrogen-bond acceptors (Lipinski definition) is 10. The van der Waals surface area contributed by atoms with E-state index < -0.39 is 0 Å². The molecule has 6 aromatic rings. The standard InChI is InChI=1S/C44H42ClN7O3S/c1-29-43-49-48-30(2)52(43)44-40(42(47-29)35-17-6-7-18-37(35)45)36-20-22-51(27-38(36)56-44)26-32-14-10-15-33(24-32)41(34-16-11-21-46-25-34)50-55-23-9-8-19-39(53)54-28-31-12-4-3-5-13-31/h3-7,10-18,21,24-25,29H,8-9,19-20,22-23,26-28H2,1-2H3/b50-41+. The number of ether oxygens (including phenoxy) is 1. The van der Waals surface area contributed by atoms with Crippen LogP contribution in [0.25, 0.3) is 5.00 Å². The lowest BCUT2D eigenvalue weighted by Crippen LogP contribution is -2.30. The Labute approximate surface area is 335 Å². The Morgan fingerprint density at radius 1 is 0.964 bits per heavy atom. The van der Waals surface area contributed by atoms with Gasteiger partial charge >= 0.3 is 5.97 Å². The Bertz CT molecular complexity index is 2390. The molecule has 12 heteroatoms. The van der Waals surface area contributed by atoms with Gasteiger partial charge in [-0.2, -0.15) is 0 Å². The predicted molar refractivity (Wildman–Crippen MR) is 220 cm³/mol. The zero-order chi connectivity index (χ0) is 38.4. The van der Waals surface area contributed by atoms with Crippen LogP contribution in [0.1, 0.15) is 87.7 Å². The molecule has 0 saturated carbocycles. The molecule has 0 spiro atoms. The predicted octanol–water partition coefficient (Wildman–Crippen LogP) is 8.84. The van der Waals surface area contributed by atoms with Crippen molar-refractivity contribution >= 4 is 40.3 Å². The van der Waals surface area contributed by atoms with Crippen molar-refractivity contribution in [3.05, 3.63) is 164 Å². The fourth-order valence-electron chi connectivity index (χ4n) is 7.26. The number of esters is 1. The van der Waals surface area contributed by atoms with Crippen LogP contribution in [0.3, 0.4) is 0 Å². The number of aryl methyl sites for hydroxylation is 1. The van der Waals surface area contributed by atoms with E-state index in [9.17, 15) is 4.79 Å². The van der Waals surface area contributed by atoms with Gasteiger partial charge in [0.2, 0.25) is 0 Å². The van der Waals surface area contributed by atoms with Crippen LogP contribution in [0.2, 0.25) is 5.02 Å². The van der Waals surface area contributed by atoms with Crippen LogP contribution in [-0.2, 0) is 40.5 Å². The van der Waals surface area contributed by atoms with Gasteiger partial charge in [-0.3, -0.25) is 24.2 Å². The van der Waals surface area contributed by atoms with Gasteiger partial charge in [-0.15, -0.1) is 21.5 Å². The first-order valence-corrected chi connectivity index (χ1v) is 20.1. The van der Waals surface area contributed by atoms with Gasteiger partial charge in [0.15, 0.2) is 5.82 Å². The third-order valence-electron chi connectivity index (χ3n) is 10.0. The number of thiophene rings is 1. The molecule has 5 heterocycles. The number of rotatable bonds is 13. The van der Waals surface area contributed by atoms with Gasteiger partial charge in [0.05, 0.1) is 5.71 Å². The summed E-state index contributed by atoms with van der Waals surface area (Å²) in [6.07, 6.45) is 6.10. The number of halogens is 1. The molecule has 0 aliphatic carbocycles. The first kappa shape index (κ1) is 37.4. The molecule has 2 aliphatic heterocycles. The second-order valence-corrected chi connectivity index (χ2v) is 15.5. The van der Waals surface area contributed by atoms with E-state index in [1.54, 1.807) is 23.7 Å². The minimum Gasteiger partial charge on any atom is -0.461 e. The third-order valence-corrected chi connectivity index (χ3v) is 11.6. The van der Waals surface area contributed by atoms with Crippen LogP contribution in [0.4, 0.5) is 0 Å². The van der Waals surface area contributed by atoms with Crippen molar-refractivity contribution in [2.45, 2.75) is 65.3 Å². The van der Waals surface area contributed by atoms with E-state index in [1.165, 1.54) is 16.0 Å². The number of carbonyl (C=O) groups is 1. The first-order chi connectivity index (χ1) is 27.4. The maximum absolute atomic E-state index is 12.2. The van der Waals surface area contributed by atoms with Crippen molar-refractivity contribution in [1.82, 2.24) is 24.6 Å². The number of carbonyl (C=O) groups excluding carboxylic acids is 1. The van der Waals surface area contributed by atoms with Crippen molar-refractivity contribution in [3.8, 4) is 5.00 Å². The van der Waals surface area contributed by atoms with Gasteiger partial charge in [0.25, 0.3) is 0 Å². The summed E-state index contributed by atoms with van der Waals surface area (Å²) < 4.78 is 7.59. The molecule has 56 heavy (non-hydrogen) atoms. The van der Waals surface area contributed by atoms with E-state index in [1.807, 2.05) is 67.6 Å². The number of unbranched alkanes of at least 4 members (excludes halogenated alkanes) is 1. The number of hydrogen-bond donors (Lipinski definition) is 0. The highest BCUT2D eigenvalue weighted by atomic mass is 35.5. The zero-order valence-electron chi connectivity index (χ0n) is 31.4. The van der Waals surface area contributed by atoms with E-state index in [-0.39, 0.29) is 18.6 Å². The van der Waals surface area contributed by atoms with Gasteiger partial charge in [0, 0.05) is 70.6 Å². The van der Waals surface area contributed by atoms with E-state index in [0.29, 0.717) is 36.6 Å². The lowest BCUT2D eigenvalue weighted by atomic mass is 9.95. The second-order valence-electron chi connectivity index (χ2n) is 14.0. The van der Waals surface area contributed by atoms with Crippen molar-refractivity contribution in [2.75, 3.05) is 13.2 Å². The highest BCUT2D eigenvalue weighted by Gasteiger charge is 2.34. The molecule has 3 aromatic carbocycles. The molecule has 0 amide bonds. The summed E-state index contributed by atoms with van der Waals surface area (Å²) in [5.41, 5.74) is 9.02. The summed E-state index contributed by atoms with van der Waals surface area (Å²) in [7, 11) is 0. The molecule has 1 unspecified atom stereocenters. The molecule has 0 bridgehead atoms. The normalized spacial score (nSPS) is 15.3. The first-order valence-electron chi connectivity index (χ1n) is 18.9. The molecular weight excluding hydrogens is 742 g/mol. The van der Waals surface area contributed by atoms with Crippen LogP contribution < -0.4 is 0 Å². The number of aliphatic imine (C=N–C) groups is 1. The van der Waals surface area contributed by atoms with Gasteiger partial charge in [-0.25, -0.2) is 0 Å². The van der Waals surface area contributed by atoms with Crippen LogP contribution in [0.15, 0.2) is 114 Å². The fraction of sp³-hybridized carbons (Fsp3) is 0.273. The molecule has 284 valence electrons. The van der Waals surface area contributed by atoms with Gasteiger partial charge in [-0.1, -0.05) is 83.5 Å². The number of aromatic nitrogens is 4. The Kier molecular flexibility index (Phi) is 11.4. The summed E-state index contributed by atoms with van der Waals surface area (Å²) in [5.74, 6) is 1.48. The Morgan fingerprint density at radius 3 is 2.62 bits per heavy atom. The Balaban J connectivity index is 0.965. The molecule has 0 fully saturated rings. The SMILES string of the molecule is Cc1nnc2n1-c1sc3c(c1C(c1ccccc1Cl)=NC2C)CCN(Cc1cccc(/C(=N\OCCCCC(=O)OCc2ccccc2)c2cccnc2)c1)C3. The van der Waals surface area contributed by atoms with E-state index in [0.717, 1.165) is 76.2 Å². The second kappa shape index (κ2) is 17.1. The molecule has 2 aliphatic rings. The lowest BCUT2D eigenvalue weighted by molar-refractivity contribution is -0.145. The van der Waals surface area contributed by atoms with Gasteiger partial charge in [0.1, 0.15) is 35.8 Å². The van der Waals surface area contributed by atoms with Gasteiger partial charge < -0.3 is 9.57 Å². The largest absolute Gasteiger partial charge is 0.461 e. The van der Waals surface area contributed by atoms with Crippen LogP contribution in [0, 0.1) is 6.92 Å². The fourth-order valence-corrected chi connectivity index (χ4v) is 8.93. The number of benzene rings is 3. The highest BCUT2D eigenvalue weighted by Crippen LogP contribution is 2.42. The van der Waals surface area contributed by atoms with Crippen molar-refractivity contribution in [2.24, 2.45) is 10.1 Å². The maximum atomic E-state index is 12.2. The number of nitrogens with zero attached hydrogens (tertiary/aromatic N) is 7. The van der Waals surface area contributed by atoms with Crippen molar-refractivity contribution < 1.29 is 14.4 Å². The molecule has 1 atom stereocenters. The molecule has 0 radical (unpaired) electrons. The topological polar surface area (TPSA) is 107 Å². The number of pyridine rings is 1. The smallest absolute Gasteiger partial charge is 0.306 e. The molecular formula is C44H42ClN7O3S. The molecule has 0 saturated heterocycles. The van der Waals surface area contributed by atoms with Crippen LogP contribution in [0.5, 0.6) is 0 Å². The Hall–Kier alpha value is -5.49.